The van der Waals surface area contributed by atoms with Crippen molar-refractivity contribution in [3.63, 3.8) is 0 Å². The summed E-state index contributed by atoms with van der Waals surface area (Å²) in [4.78, 5) is 28.5. The van der Waals surface area contributed by atoms with E-state index in [1.807, 2.05) is 80.3 Å². The molecule has 1 unspecified atom stereocenters. The van der Waals surface area contributed by atoms with Gasteiger partial charge in [0.15, 0.2) is 6.10 Å². The van der Waals surface area contributed by atoms with Crippen LogP contribution < -0.4 is 4.74 Å². The number of likely N-dealkylation sites (N-methyl/N-ethyl adjacent to an activating group) is 1. The molecule has 32 heavy (non-hydrogen) atoms. The van der Waals surface area contributed by atoms with Crippen molar-refractivity contribution in [1.82, 2.24) is 9.80 Å². The minimum absolute atomic E-state index is 0.0397. The lowest BCUT2D eigenvalue weighted by Gasteiger charge is -2.21. The topological polar surface area (TPSA) is 49.9 Å². The zero-order valence-electron chi connectivity index (χ0n) is 19.6. The van der Waals surface area contributed by atoms with Crippen LogP contribution in [0.1, 0.15) is 38.1 Å². The first-order valence-corrected chi connectivity index (χ1v) is 11.2. The van der Waals surface area contributed by atoms with Crippen LogP contribution in [0.3, 0.4) is 0 Å². The van der Waals surface area contributed by atoms with E-state index in [-0.39, 0.29) is 11.8 Å². The van der Waals surface area contributed by atoms with E-state index in [0.717, 1.165) is 21.9 Å². The van der Waals surface area contributed by atoms with Gasteiger partial charge in [0.25, 0.3) is 11.8 Å². The van der Waals surface area contributed by atoms with Crippen molar-refractivity contribution in [2.24, 2.45) is 0 Å². The number of hydrogen-bond donors (Lipinski definition) is 0. The van der Waals surface area contributed by atoms with Crippen LogP contribution in [0.2, 0.25) is 0 Å². The van der Waals surface area contributed by atoms with Crippen LogP contribution in [-0.2, 0) is 4.79 Å². The van der Waals surface area contributed by atoms with E-state index >= 15 is 0 Å². The van der Waals surface area contributed by atoms with Crippen molar-refractivity contribution >= 4 is 22.6 Å². The first-order chi connectivity index (χ1) is 15.4. The average molecular weight is 433 g/mol. The molecule has 5 heteroatoms. The second-order valence-electron chi connectivity index (χ2n) is 7.89. The standard InChI is InChI=1S/C27H32N2O3/c1-6-28(5)26(30)19(4)32-25-15-14-22-16-21(12-13-23(22)18-25)20-10-9-11-24(17-20)27(31)29(7-2)8-3/h9-19H,6-8H2,1-5H3. The lowest BCUT2D eigenvalue weighted by molar-refractivity contribution is -0.136. The van der Waals surface area contributed by atoms with Gasteiger partial charge in [-0.15, -0.1) is 0 Å². The van der Waals surface area contributed by atoms with Crippen molar-refractivity contribution < 1.29 is 14.3 Å². The fourth-order valence-corrected chi connectivity index (χ4v) is 3.72. The Morgan fingerprint density at radius 3 is 2.19 bits per heavy atom. The van der Waals surface area contributed by atoms with Gasteiger partial charge in [0.2, 0.25) is 0 Å². The minimum Gasteiger partial charge on any atom is -0.481 e. The van der Waals surface area contributed by atoms with Crippen LogP contribution in [0.4, 0.5) is 0 Å². The van der Waals surface area contributed by atoms with E-state index in [0.29, 0.717) is 30.9 Å². The predicted molar refractivity (Wildman–Crippen MR) is 130 cm³/mol. The summed E-state index contributed by atoms with van der Waals surface area (Å²) < 4.78 is 5.87. The van der Waals surface area contributed by atoms with Crippen LogP contribution in [-0.4, -0.2) is 54.4 Å². The maximum atomic E-state index is 12.7. The molecule has 3 rings (SSSR count). The molecule has 0 radical (unpaired) electrons. The number of carbonyl (C=O) groups excluding carboxylic acids is 2. The lowest BCUT2D eigenvalue weighted by atomic mass is 9.99. The summed E-state index contributed by atoms with van der Waals surface area (Å²) in [7, 11) is 1.77. The van der Waals surface area contributed by atoms with Crippen molar-refractivity contribution in [1.29, 1.82) is 0 Å². The minimum atomic E-state index is -0.539. The quantitative estimate of drug-likeness (QED) is 0.489. The third kappa shape index (κ3) is 5.10. The van der Waals surface area contributed by atoms with Gasteiger partial charge >= 0.3 is 0 Å². The van der Waals surface area contributed by atoms with Crippen LogP contribution in [0.15, 0.2) is 60.7 Å². The normalized spacial score (nSPS) is 11.8. The summed E-state index contributed by atoms with van der Waals surface area (Å²) in [6, 6.07) is 19.8. The fourth-order valence-electron chi connectivity index (χ4n) is 3.72. The van der Waals surface area contributed by atoms with Gasteiger partial charge in [-0.05, 0) is 79.9 Å². The second-order valence-corrected chi connectivity index (χ2v) is 7.89. The monoisotopic (exact) mass is 432 g/mol. The summed E-state index contributed by atoms with van der Waals surface area (Å²) in [6.07, 6.45) is -0.539. The number of fused-ring (bicyclic) bond motifs is 1. The Bertz CT molecular complexity index is 1110. The zero-order valence-corrected chi connectivity index (χ0v) is 19.6. The van der Waals surface area contributed by atoms with Crippen LogP contribution in [0.25, 0.3) is 21.9 Å². The van der Waals surface area contributed by atoms with Gasteiger partial charge in [0.1, 0.15) is 5.75 Å². The molecule has 0 heterocycles. The highest BCUT2D eigenvalue weighted by molar-refractivity contribution is 5.96. The number of rotatable bonds is 8. The largest absolute Gasteiger partial charge is 0.481 e. The third-order valence-corrected chi connectivity index (χ3v) is 5.82. The molecule has 0 aliphatic heterocycles. The number of hydrogen-bond acceptors (Lipinski definition) is 3. The molecule has 0 bridgehead atoms. The maximum Gasteiger partial charge on any atom is 0.263 e. The van der Waals surface area contributed by atoms with Gasteiger partial charge in [-0.25, -0.2) is 0 Å². The van der Waals surface area contributed by atoms with E-state index in [9.17, 15) is 9.59 Å². The zero-order chi connectivity index (χ0) is 23.3. The van der Waals surface area contributed by atoms with Gasteiger partial charge < -0.3 is 14.5 Å². The molecule has 3 aromatic rings. The number of benzene rings is 3. The summed E-state index contributed by atoms with van der Waals surface area (Å²) >= 11 is 0. The molecule has 0 aromatic heterocycles. The lowest BCUT2D eigenvalue weighted by Crippen LogP contribution is -2.37. The first kappa shape index (κ1) is 23.3. The number of carbonyl (C=O) groups is 2. The first-order valence-electron chi connectivity index (χ1n) is 11.2. The molecule has 1 atom stereocenters. The average Bonchev–Trinajstić information content (AvgIpc) is 2.83. The van der Waals surface area contributed by atoms with Crippen molar-refractivity contribution in [3.8, 4) is 16.9 Å². The molecule has 0 aliphatic rings. The summed E-state index contributed by atoms with van der Waals surface area (Å²) in [5, 5.41) is 2.10. The SMILES string of the molecule is CCN(C)C(=O)C(C)Oc1ccc2cc(-c3cccc(C(=O)N(CC)CC)c3)ccc2c1. The summed E-state index contributed by atoms with van der Waals surface area (Å²) in [5.74, 6) is 0.682. The maximum absolute atomic E-state index is 12.7. The predicted octanol–water partition coefficient (Wildman–Crippen LogP) is 5.23. The summed E-state index contributed by atoms with van der Waals surface area (Å²) in [5.41, 5.74) is 2.76. The van der Waals surface area contributed by atoms with E-state index in [2.05, 4.69) is 6.07 Å². The summed E-state index contributed by atoms with van der Waals surface area (Å²) in [6.45, 7) is 9.73. The van der Waals surface area contributed by atoms with Gasteiger partial charge in [-0.1, -0.05) is 30.3 Å². The Balaban J connectivity index is 1.84. The molecular formula is C27H32N2O3. The second kappa shape index (κ2) is 10.3. The number of nitrogens with zero attached hydrogens (tertiary/aromatic N) is 2. The molecule has 2 amide bonds. The molecule has 0 spiro atoms. The van der Waals surface area contributed by atoms with Gasteiger partial charge in [0.05, 0.1) is 0 Å². The van der Waals surface area contributed by atoms with Crippen molar-refractivity contribution in [3.05, 3.63) is 66.2 Å². The highest BCUT2D eigenvalue weighted by atomic mass is 16.5. The molecular weight excluding hydrogens is 400 g/mol. The number of ether oxygens (including phenoxy) is 1. The van der Waals surface area contributed by atoms with E-state index in [1.54, 1.807) is 18.9 Å². The van der Waals surface area contributed by atoms with Crippen molar-refractivity contribution in [2.45, 2.75) is 33.8 Å². The number of amides is 2. The molecule has 0 N–H and O–H groups in total. The molecule has 5 nitrogen and oxygen atoms in total. The highest BCUT2D eigenvalue weighted by Gasteiger charge is 2.18. The Hall–Kier alpha value is -3.34. The van der Waals surface area contributed by atoms with Crippen LogP contribution in [0.5, 0.6) is 5.75 Å². The van der Waals surface area contributed by atoms with Gasteiger partial charge in [0, 0.05) is 32.2 Å². The van der Waals surface area contributed by atoms with E-state index in [4.69, 9.17) is 4.74 Å². The molecule has 0 aliphatic carbocycles. The Kier molecular flexibility index (Phi) is 7.52. The fraction of sp³-hybridized carbons (Fsp3) is 0.333. The molecule has 168 valence electrons. The molecule has 0 saturated carbocycles. The smallest absolute Gasteiger partial charge is 0.263 e. The third-order valence-electron chi connectivity index (χ3n) is 5.82. The molecule has 3 aromatic carbocycles. The van der Waals surface area contributed by atoms with Crippen LogP contribution in [0, 0.1) is 0 Å². The Labute approximate surface area is 190 Å². The van der Waals surface area contributed by atoms with Crippen molar-refractivity contribution in [2.75, 3.05) is 26.7 Å². The van der Waals surface area contributed by atoms with E-state index < -0.39 is 6.10 Å². The van der Waals surface area contributed by atoms with E-state index in [1.165, 1.54) is 0 Å². The molecule has 0 saturated heterocycles. The van der Waals surface area contributed by atoms with Gasteiger partial charge in [-0.2, -0.15) is 0 Å². The molecule has 0 fully saturated rings. The Morgan fingerprint density at radius 1 is 0.844 bits per heavy atom. The van der Waals surface area contributed by atoms with Crippen LogP contribution >= 0.6 is 0 Å². The highest BCUT2D eigenvalue weighted by Crippen LogP contribution is 2.28. The Morgan fingerprint density at radius 2 is 1.50 bits per heavy atom. The van der Waals surface area contributed by atoms with Gasteiger partial charge in [-0.3, -0.25) is 9.59 Å².